The minimum Gasteiger partial charge on any atom is -0.497 e. The number of nitrogens with zero attached hydrogens (tertiary/aromatic N) is 3. The molecule has 2 aromatic carbocycles. The van der Waals surface area contributed by atoms with Crippen LogP contribution in [0, 0.1) is 0 Å². The molecule has 30 heavy (non-hydrogen) atoms. The zero-order valence-electron chi connectivity index (χ0n) is 16.8. The summed E-state index contributed by atoms with van der Waals surface area (Å²) in [6, 6.07) is 13.2. The molecule has 0 aliphatic carbocycles. The van der Waals surface area contributed by atoms with Gasteiger partial charge >= 0.3 is 0 Å². The summed E-state index contributed by atoms with van der Waals surface area (Å²) in [7, 11) is 3.20. The Morgan fingerprint density at radius 2 is 1.93 bits per heavy atom. The van der Waals surface area contributed by atoms with Crippen molar-refractivity contribution >= 4 is 23.2 Å². The highest BCUT2D eigenvalue weighted by Gasteiger charge is 2.34. The Bertz CT molecular complexity index is 1040. The molecule has 0 spiro atoms. The molecule has 0 radical (unpaired) electrons. The number of benzene rings is 2. The third-order valence-corrected chi connectivity index (χ3v) is 5.50. The molecule has 1 aliphatic heterocycles. The Hall–Kier alpha value is -3.06. The maximum atomic E-state index is 12.5. The first-order valence-electron chi connectivity index (χ1n) is 9.66. The van der Waals surface area contributed by atoms with Crippen LogP contribution in [0.3, 0.4) is 0 Å². The summed E-state index contributed by atoms with van der Waals surface area (Å²) in [5, 5.41) is 4.58. The summed E-state index contributed by atoms with van der Waals surface area (Å²) in [6.45, 7) is 0.485. The summed E-state index contributed by atoms with van der Waals surface area (Å²) in [4.78, 5) is 18.8. The molecular weight excluding hydrogens is 406 g/mol. The van der Waals surface area contributed by atoms with Gasteiger partial charge in [-0.05, 0) is 42.3 Å². The molecule has 0 N–H and O–H groups in total. The molecule has 156 valence electrons. The van der Waals surface area contributed by atoms with E-state index < -0.39 is 0 Å². The van der Waals surface area contributed by atoms with Crippen molar-refractivity contribution < 1.29 is 18.8 Å². The van der Waals surface area contributed by atoms with E-state index in [0.717, 1.165) is 23.4 Å². The Kier molecular flexibility index (Phi) is 5.90. The lowest BCUT2D eigenvalue weighted by Crippen LogP contribution is -2.24. The molecule has 1 atom stereocenters. The van der Waals surface area contributed by atoms with Crippen molar-refractivity contribution in [3.63, 3.8) is 0 Å². The first kappa shape index (κ1) is 20.2. The van der Waals surface area contributed by atoms with Gasteiger partial charge in [-0.2, -0.15) is 4.98 Å². The van der Waals surface area contributed by atoms with Gasteiger partial charge < -0.3 is 18.9 Å². The van der Waals surface area contributed by atoms with Gasteiger partial charge in [-0.15, -0.1) is 0 Å². The fourth-order valence-electron chi connectivity index (χ4n) is 3.53. The standard InChI is InChI=1S/C22H22ClN3O4/c1-28-17-7-3-14(4-8-17)5-10-20-24-22(25-30-20)15-11-21(27)26(13-15)16-6-9-19(29-2)18(23)12-16/h3-4,6-9,12,15H,5,10-11,13H2,1-2H3. The Balaban J connectivity index is 1.40. The van der Waals surface area contributed by atoms with Crippen LogP contribution < -0.4 is 14.4 Å². The molecule has 1 fully saturated rings. The molecule has 0 saturated carbocycles. The Morgan fingerprint density at radius 1 is 1.13 bits per heavy atom. The molecule has 1 saturated heterocycles. The van der Waals surface area contributed by atoms with Crippen LogP contribution in [-0.2, 0) is 17.6 Å². The van der Waals surface area contributed by atoms with Crippen molar-refractivity contribution in [2.24, 2.45) is 0 Å². The molecule has 8 heteroatoms. The molecule has 4 rings (SSSR count). The summed E-state index contributed by atoms with van der Waals surface area (Å²) in [5.74, 6) is 2.42. The summed E-state index contributed by atoms with van der Waals surface area (Å²) in [5.41, 5.74) is 1.89. The van der Waals surface area contributed by atoms with Crippen LogP contribution in [0.25, 0.3) is 0 Å². The van der Waals surface area contributed by atoms with Crippen molar-refractivity contribution in [1.82, 2.24) is 10.1 Å². The number of hydrogen-bond donors (Lipinski definition) is 0. The monoisotopic (exact) mass is 427 g/mol. The number of aromatic nitrogens is 2. The predicted octanol–water partition coefficient (Wildman–Crippen LogP) is 4.05. The van der Waals surface area contributed by atoms with Gasteiger partial charge in [-0.25, -0.2) is 0 Å². The molecule has 1 aliphatic rings. The average Bonchev–Trinajstić information content (AvgIpc) is 3.39. The first-order chi connectivity index (χ1) is 14.6. The molecule has 1 aromatic heterocycles. The smallest absolute Gasteiger partial charge is 0.227 e. The number of carbonyl (C=O) groups is 1. The number of rotatable bonds is 7. The van der Waals surface area contributed by atoms with Crippen LogP contribution in [0.2, 0.25) is 5.02 Å². The second kappa shape index (κ2) is 8.75. The summed E-state index contributed by atoms with van der Waals surface area (Å²) in [6.07, 6.45) is 1.75. The van der Waals surface area contributed by atoms with Crippen LogP contribution in [0.15, 0.2) is 47.0 Å². The zero-order valence-corrected chi connectivity index (χ0v) is 17.6. The molecule has 2 heterocycles. The fourth-order valence-corrected chi connectivity index (χ4v) is 3.78. The highest BCUT2D eigenvalue weighted by molar-refractivity contribution is 6.32. The van der Waals surface area contributed by atoms with Gasteiger partial charge in [0.25, 0.3) is 0 Å². The van der Waals surface area contributed by atoms with E-state index >= 15 is 0 Å². The highest BCUT2D eigenvalue weighted by Crippen LogP contribution is 2.34. The van der Waals surface area contributed by atoms with Crippen molar-refractivity contribution in [2.75, 3.05) is 25.7 Å². The van der Waals surface area contributed by atoms with Gasteiger partial charge in [0.1, 0.15) is 11.5 Å². The number of halogens is 1. The normalized spacial score (nSPS) is 16.2. The van der Waals surface area contributed by atoms with E-state index in [2.05, 4.69) is 10.1 Å². The second-order valence-corrected chi connectivity index (χ2v) is 7.53. The number of ether oxygens (including phenoxy) is 2. The van der Waals surface area contributed by atoms with Crippen molar-refractivity contribution in [3.8, 4) is 11.5 Å². The van der Waals surface area contributed by atoms with E-state index in [9.17, 15) is 4.79 Å². The number of methoxy groups -OCH3 is 2. The number of anilines is 1. The Labute approximate surface area is 179 Å². The van der Waals surface area contributed by atoms with Gasteiger partial charge in [0.05, 0.1) is 19.2 Å². The number of amides is 1. The van der Waals surface area contributed by atoms with E-state index in [1.165, 1.54) is 0 Å². The number of aryl methyl sites for hydroxylation is 2. The van der Waals surface area contributed by atoms with Crippen molar-refractivity contribution in [3.05, 3.63) is 64.8 Å². The van der Waals surface area contributed by atoms with Crippen LogP contribution in [0.5, 0.6) is 11.5 Å². The number of hydrogen-bond acceptors (Lipinski definition) is 6. The minimum absolute atomic E-state index is 0.00539. The Morgan fingerprint density at radius 3 is 2.63 bits per heavy atom. The molecule has 0 bridgehead atoms. The largest absolute Gasteiger partial charge is 0.497 e. The summed E-state index contributed by atoms with van der Waals surface area (Å²) < 4.78 is 15.8. The van der Waals surface area contributed by atoms with E-state index in [1.807, 2.05) is 30.3 Å². The zero-order chi connectivity index (χ0) is 21.1. The molecule has 7 nitrogen and oxygen atoms in total. The average molecular weight is 428 g/mol. The van der Waals surface area contributed by atoms with E-state index in [-0.39, 0.29) is 11.8 Å². The van der Waals surface area contributed by atoms with E-state index in [4.69, 9.17) is 25.6 Å². The topological polar surface area (TPSA) is 77.7 Å². The van der Waals surface area contributed by atoms with Gasteiger partial charge in [0.2, 0.25) is 11.8 Å². The van der Waals surface area contributed by atoms with Crippen molar-refractivity contribution in [1.29, 1.82) is 0 Å². The quantitative estimate of drug-likeness (QED) is 0.566. The van der Waals surface area contributed by atoms with Crippen LogP contribution >= 0.6 is 11.6 Å². The predicted molar refractivity (Wildman–Crippen MR) is 112 cm³/mol. The van der Waals surface area contributed by atoms with Crippen LogP contribution in [-0.4, -0.2) is 36.8 Å². The first-order valence-corrected chi connectivity index (χ1v) is 10.0. The van der Waals surface area contributed by atoms with Gasteiger partial charge in [0.15, 0.2) is 5.82 Å². The molecule has 1 amide bonds. The third-order valence-electron chi connectivity index (χ3n) is 5.21. The second-order valence-electron chi connectivity index (χ2n) is 7.12. The van der Waals surface area contributed by atoms with Crippen LogP contribution in [0.1, 0.15) is 29.6 Å². The minimum atomic E-state index is -0.114. The molecule has 3 aromatic rings. The van der Waals surface area contributed by atoms with E-state index in [0.29, 0.717) is 41.9 Å². The maximum absolute atomic E-state index is 12.5. The van der Waals surface area contributed by atoms with E-state index in [1.54, 1.807) is 31.3 Å². The fraction of sp³-hybridized carbons (Fsp3) is 0.318. The van der Waals surface area contributed by atoms with Gasteiger partial charge in [-0.3, -0.25) is 4.79 Å². The molecular formula is C22H22ClN3O4. The third kappa shape index (κ3) is 4.26. The van der Waals surface area contributed by atoms with Crippen LogP contribution in [0.4, 0.5) is 5.69 Å². The SMILES string of the molecule is COc1ccc(CCc2nc(C3CC(=O)N(c4ccc(OC)c(Cl)c4)C3)no2)cc1. The lowest BCUT2D eigenvalue weighted by Gasteiger charge is -2.17. The maximum Gasteiger partial charge on any atom is 0.227 e. The lowest BCUT2D eigenvalue weighted by atomic mass is 10.1. The van der Waals surface area contributed by atoms with Crippen molar-refractivity contribution in [2.45, 2.75) is 25.2 Å². The lowest BCUT2D eigenvalue weighted by molar-refractivity contribution is -0.117. The van der Waals surface area contributed by atoms with Gasteiger partial charge in [-0.1, -0.05) is 28.9 Å². The highest BCUT2D eigenvalue weighted by atomic mass is 35.5. The van der Waals surface area contributed by atoms with Gasteiger partial charge in [0, 0.05) is 31.0 Å². The summed E-state index contributed by atoms with van der Waals surface area (Å²) >= 11 is 6.20. The number of carbonyl (C=O) groups excluding carboxylic acids is 1. The molecule has 1 unspecified atom stereocenters.